The molecule has 0 bridgehead atoms. The minimum Gasteiger partial charge on any atom is -0.0859 e. The molecule has 0 unspecified atom stereocenters. The van der Waals surface area contributed by atoms with E-state index >= 15 is 0 Å². The van der Waals surface area contributed by atoms with Gasteiger partial charge in [0.15, 0.2) is 0 Å². The molecule has 0 fully saturated rings. The summed E-state index contributed by atoms with van der Waals surface area (Å²) >= 11 is 0. The maximum atomic E-state index is 2.32. The summed E-state index contributed by atoms with van der Waals surface area (Å²) in [6, 6.07) is 0. The second kappa shape index (κ2) is 5.87. The summed E-state index contributed by atoms with van der Waals surface area (Å²) in [5.41, 5.74) is 1.55. The SMILES string of the molecule is CCC=C(C)CCCC. The molecule has 0 aliphatic rings. The van der Waals surface area contributed by atoms with Gasteiger partial charge in [-0.1, -0.05) is 31.9 Å². The molecule has 0 N–H and O–H groups in total. The fourth-order valence-corrected chi connectivity index (χ4v) is 0.906. The Morgan fingerprint density at radius 1 is 1.33 bits per heavy atom. The summed E-state index contributed by atoms with van der Waals surface area (Å²) < 4.78 is 0. The van der Waals surface area contributed by atoms with Gasteiger partial charge in [-0.05, 0) is 26.2 Å². The number of rotatable bonds is 4. The molecule has 0 radical (unpaired) electrons. The number of unbranched alkanes of at least 4 members (excludes halogenated alkanes) is 1. The molecule has 0 saturated heterocycles. The van der Waals surface area contributed by atoms with Crippen molar-refractivity contribution < 1.29 is 0 Å². The lowest BCUT2D eigenvalue weighted by Gasteiger charge is -1.96. The quantitative estimate of drug-likeness (QED) is 0.505. The molecule has 0 aromatic heterocycles. The van der Waals surface area contributed by atoms with E-state index in [9.17, 15) is 0 Å². The monoisotopic (exact) mass is 126 g/mol. The standard InChI is InChI=1S/C9H18/c1-4-6-8-9(3)7-5-2/h7H,4-6,8H2,1-3H3. The molecular weight excluding hydrogens is 108 g/mol. The average Bonchev–Trinajstić information content (AvgIpc) is 1.85. The summed E-state index contributed by atoms with van der Waals surface area (Å²) in [7, 11) is 0. The summed E-state index contributed by atoms with van der Waals surface area (Å²) in [5.74, 6) is 0. The van der Waals surface area contributed by atoms with Gasteiger partial charge >= 0.3 is 0 Å². The third kappa shape index (κ3) is 5.61. The molecule has 0 aromatic carbocycles. The third-order valence-corrected chi connectivity index (χ3v) is 1.48. The molecule has 9 heavy (non-hydrogen) atoms. The van der Waals surface area contributed by atoms with Gasteiger partial charge in [0.05, 0.1) is 0 Å². The maximum absolute atomic E-state index is 2.32. The lowest BCUT2D eigenvalue weighted by Crippen LogP contribution is -1.75. The molecule has 0 saturated carbocycles. The highest BCUT2D eigenvalue weighted by Crippen LogP contribution is 2.05. The van der Waals surface area contributed by atoms with Gasteiger partial charge in [-0.3, -0.25) is 0 Å². The predicted octanol–water partition coefficient (Wildman–Crippen LogP) is 3.53. The van der Waals surface area contributed by atoms with E-state index < -0.39 is 0 Å². The fraction of sp³-hybridized carbons (Fsp3) is 0.778. The Hall–Kier alpha value is -0.260. The Bertz CT molecular complexity index is 80.0. The molecule has 0 aliphatic carbocycles. The first kappa shape index (κ1) is 8.74. The molecule has 0 spiro atoms. The van der Waals surface area contributed by atoms with Gasteiger partial charge < -0.3 is 0 Å². The van der Waals surface area contributed by atoms with Crippen molar-refractivity contribution in [2.75, 3.05) is 0 Å². The molecule has 0 heteroatoms. The van der Waals surface area contributed by atoms with E-state index in [0.717, 1.165) is 0 Å². The van der Waals surface area contributed by atoms with Crippen molar-refractivity contribution in [1.82, 2.24) is 0 Å². The van der Waals surface area contributed by atoms with E-state index in [2.05, 4.69) is 26.8 Å². The van der Waals surface area contributed by atoms with E-state index in [1.165, 1.54) is 25.7 Å². The molecular formula is C9H18. The topological polar surface area (TPSA) is 0 Å². The second-order valence-electron chi connectivity index (χ2n) is 2.56. The van der Waals surface area contributed by atoms with E-state index in [-0.39, 0.29) is 0 Å². The minimum absolute atomic E-state index is 1.19. The second-order valence-corrected chi connectivity index (χ2v) is 2.56. The van der Waals surface area contributed by atoms with Crippen LogP contribution in [-0.2, 0) is 0 Å². The Kier molecular flexibility index (Phi) is 5.70. The van der Waals surface area contributed by atoms with Crippen LogP contribution < -0.4 is 0 Å². The Balaban J connectivity index is 3.25. The van der Waals surface area contributed by atoms with Crippen LogP contribution in [0.5, 0.6) is 0 Å². The van der Waals surface area contributed by atoms with E-state index in [4.69, 9.17) is 0 Å². The van der Waals surface area contributed by atoms with Crippen molar-refractivity contribution in [2.24, 2.45) is 0 Å². The van der Waals surface area contributed by atoms with Crippen molar-refractivity contribution in [3.05, 3.63) is 11.6 Å². The van der Waals surface area contributed by atoms with Crippen LogP contribution in [0.25, 0.3) is 0 Å². The zero-order chi connectivity index (χ0) is 7.11. The molecule has 0 amide bonds. The lowest BCUT2D eigenvalue weighted by atomic mass is 10.1. The van der Waals surface area contributed by atoms with Crippen LogP contribution in [0.1, 0.15) is 46.5 Å². The first-order chi connectivity index (χ1) is 4.31. The summed E-state index contributed by atoms with van der Waals surface area (Å²) in [4.78, 5) is 0. The molecule has 54 valence electrons. The largest absolute Gasteiger partial charge is 0.0859 e. The number of hydrogen-bond donors (Lipinski definition) is 0. The van der Waals surface area contributed by atoms with Crippen molar-refractivity contribution in [2.45, 2.75) is 46.5 Å². The Labute approximate surface area is 59.0 Å². The molecule has 0 rings (SSSR count). The summed E-state index contributed by atoms with van der Waals surface area (Å²) in [5, 5.41) is 0. The van der Waals surface area contributed by atoms with E-state index in [1.54, 1.807) is 5.57 Å². The molecule has 0 atom stereocenters. The molecule has 0 nitrogen and oxygen atoms in total. The van der Waals surface area contributed by atoms with Gasteiger partial charge in [0.1, 0.15) is 0 Å². The first-order valence-electron chi connectivity index (χ1n) is 3.96. The van der Waals surface area contributed by atoms with E-state index in [0.29, 0.717) is 0 Å². The van der Waals surface area contributed by atoms with Gasteiger partial charge in [0, 0.05) is 0 Å². The van der Waals surface area contributed by atoms with Gasteiger partial charge in [-0.15, -0.1) is 0 Å². The summed E-state index contributed by atoms with van der Waals surface area (Å²) in [6.07, 6.45) is 7.47. The number of allylic oxidation sites excluding steroid dienone is 2. The molecule has 0 aliphatic heterocycles. The first-order valence-corrected chi connectivity index (χ1v) is 3.96. The highest BCUT2D eigenvalue weighted by Gasteiger charge is 1.85. The van der Waals surface area contributed by atoms with Crippen LogP contribution in [0.3, 0.4) is 0 Å². The Morgan fingerprint density at radius 2 is 2.00 bits per heavy atom. The van der Waals surface area contributed by atoms with Gasteiger partial charge in [-0.2, -0.15) is 0 Å². The van der Waals surface area contributed by atoms with E-state index in [1.807, 2.05) is 0 Å². The lowest BCUT2D eigenvalue weighted by molar-refractivity contribution is 0.784. The van der Waals surface area contributed by atoms with Gasteiger partial charge in [0.25, 0.3) is 0 Å². The fourth-order valence-electron chi connectivity index (χ4n) is 0.906. The van der Waals surface area contributed by atoms with Gasteiger partial charge in [0.2, 0.25) is 0 Å². The van der Waals surface area contributed by atoms with Gasteiger partial charge in [-0.25, -0.2) is 0 Å². The highest BCUT2D eigenvalue weighted by atomic mass is 13.9. The van der Waals surface area contributed by atoms with Crippen molar-refractivity contribution in [3.8, 4) is 0 Å². The van der Waals surface area contributed by atoms with Crippen LogP contribution in [0.15, 0.2) is 11.6 Å². The van der Waals surface area contributed by atoms with Crippen LogP contribution in [0.2, 0.25) is 0 Å². The average molecular weight is 126 g/mol. The summed E-state index contributed by atoms with van der Waals surface area (Å²) in [6.45, 7) is 6.65. The molecule has 0 heterocycles. The molecule has 0 aromatic rings. The minimum atomic E-state index is 1.19. The Morgan fingerprint density at radius 3 is 2.44 bits per heavy atom. The number of hydrogen-bond acceptors (Lipinski definition) is 0. The zero-order valence-corrected chi connectivity index (χ0v) is 6.91. The van der Waals surface area contributed by atoms with Crippen LogP contribution in [0, 0.1) is 0 Å². The third-order valence-electron chi connectivity index (χ3n) is 1.48. The van der Waals surface area contributed by atoms with Crippen LogP contribution in [0.4, 0.5) is 0 Å². The van der Waals surface area contributed by atoms with Crippen molar-refractivity contribution in [1.29, 1.82) is 0 Å². The van der Waals surface area contributed by atoms with Crippen LogP contribution >= 0.6 is 0 Å². The predicted molar refractivity (Wildman–Crippen MR) is 43.6 cm³/mol. The zero-order valence-electron chi connectivity index (χ0n) is 6.91. The van der Waals surface area contributed by atoms with Crippen LogP contribution in [-0.4, -0.2) is 0 Å². The normalized spacial score (nSPS) is 12.1. The van der Waals surface area contributed by atoms with Crippen molar-refractivity contribution in [3.63, 3.8) is 0 Å². The maximum Gasteiger partial charge on any atom is -0.0323 e. The smallest absolute Gasteiger partial charge is 0.0323 e. The highest BCUT2D eigenvalue weighted by molar-refractivity contribution is 4.96. The van der Waals surface area contributed by atoms with Crippen molar-refractivity contribution >= 4 is 0 Å².